The lowest BCUT2D eigenvalue weighted by molar-refractivity contribution is 0.0282. The number of ether oxygens (including phenoxy) is 1. The van der Waals surface area contributed by atoms with Gasteiger partial charge in [-0.3, -0.25) is 0 Å². The summed E-state index contributed by atoms with van der Waals surface area (Å²) in [5.74, 6) is 0.951. The zero-order valence-corrected chi connectivity index (χ0v) is 9.86. The average Bonchev–Trinajstić information content (AvgIpc) is 2.71. The van der Waals surface area contributed by atoms with E-state index in [1.54, 1.807) is 0 Å². The third-order valence-electron chi connectivity index (χ3n) is 2.95. The molecule has 3 heterocycles. The number of nitrogens with zero attached hydrogens (tertiary/aromatic N) is 2. The summed E-state index contributed by atoms with van der Waals surface area (Å²) in [5, 5.41) is 3.32. The highest BCUT2D eigenvalue weighted by Gasteiger charge is 2.16. The summed E-state index contributed by atoms with van der Waals surface area (Å²) in [4.78, 5) is 12.1. The van der Waals surface area contributed by atoms with Gasteiger partial charge >= 0.3 is 0 Å². The van der Waals surface area contributed by atoms with Crippen molar-refractivity contribution in [2.45, 2.75) is 19.4 Å². The Kier molecular flexibility index (Phi) is 2.78. The molecule has 0 aliphatic carbocycles. The predicted molar refractivity (Wildman–Crippen MR) is 64.9 cm³/mol. The van der Waals surface area contributed by atoms with E-state index in [1.807, 2.05) is 13.1 Å². The van der Waals surface area contributed by atoms with Crippen LogP contribution in [0.5, 0.6) is 0 Å². The lowest BCUT2D eigenvalue weighted by Gasteiger charge is -2.22. The number of pyridine rings is 1. The number of hydrogen-bond donors (Lipinski definition) is 2. The lowest BCUT2D eigenvalue weighted by Crippen LogP contribution is -2.39. The number of morpholine rings is 1. The van der Waals surface area contributed by atoms with E-state index in [1.165, 1.54) is 0 Å². The van der Waals surface area contributed by atoms with E-state index >= 15 is 0 Å². The van der Waals surface area contributed by atoms with Gasteiger partial charge in [0.25, 0.3) is 0 Å². The molecule has 2 aromatic heterocycles. The maximum absolute atomic E-state index is 5.66. The first-order chi connectivity index (χ1) is 8.31. The number of imidazole rings is 1. The number of aryl methyl sites for hydroxylation is 1. The minimum absolute atomic E-state index is 0.213. The molecule has 1 atom stereocenters. The molecule has 0 aromatic carbocycles. The Hall–Kier alpha value is -1.46. The summed E-state index contributed by atoms with van der Waals surface area (Å²) in [6.45, 7) is 4.64. The minimum Gasteiger partial charge on any atom is -0.375 e. The fraction of sp³-hybridized carbons (Fsp3) is 0.500. The normalized spacial score (nSPS) is 20.9. The number of fused-ring (bicyclic) bond motifs is 1. The molecule has 1 saturated heterocycles. The molecule has 0 radical (unpaired) electrons. The van der Waals surface area contributed by atoms with Crippen LogP contribution in [0, 0.1) is 6.92 Å². The van der Waals surface area contributed by atoms with E-state index in [0.29, 0.717) is 0 Å². The highest BCUT2D eigenvalue weighted by Crippen LogP contribution is 2.12. The Morgan fingerprint density at radius 3 is 3.29 bits per heavy atom. The summed E-state index contributed by atoms with van der Waals surface area (Å²) in [7, 11) is 0. The van der Waals surface area contributed by atoms with E-state index in [-0.39, 0.29) is 6.10 Å². The lowest BCUT2D eigenvalue weighted by atomic mass is 10.2. The second-order valence-electron chi connectivity index (χ2n) is 4.47. The van der Waals surface area contributed by atoms with Gasteiger partial charge in [0, 0.05) is 25.7 Å². The number of aromatic amines is 1. The Labute approximate surface area is 99.6 Å². The fourth-order valence-corrected chi connectivity index (χ4v) is 2.12. The molecule has 0 spiro atoms. The van der Waals surface area contributed by atoms with Crippen LogP contribution < -0.4 is 5.32 Å². The number of rotatable bonds is 2. The molecule has 2 aromatic rings. The zero-order chi connectivity index (χ0) is 11.7. The first-order valence-corrected chi connectivity index (χ1v) is 5.95. The van der Waals surface area contributed by atoms with Crippen LogP contribution in [0.15, 0.2) is 12.3 Å². The van der Waals surface area contributed by atoms with E-state index < -0.39 is 0 Å². The topological polar surface area (TPSA) is 62.8 Å². The van der Waals surface area contributed by atoms with Gasteiger partial charge in [0.2, 0.25) is 0 Å². The zero-order valence-electron chi connectivity index (χ0n) is 9.86. The van der Waals surface area contributed by atoms with Crippen molar-refractivity contribution in [2.24, 2.45) is 0 Å². The molecule has 1 fully saturated rings. The van der Waals surface area contributed by atoms with E-state index in [9.17, 15) is 0 Å². The standard InChI is InChI=1S/C12H16N4O/c1-8-4-10-12(14-6-8)16-11(15-10)5-9-7-13-2-3-17-9/h4,6,9,13H,2-3,5,7H2,1H3,(H,14,15,16). The highest BCUT2D eigenvalue weighted by atomic mass is 16.5. The van der Waals surface area contributed by atoms with E-state index in [0.717, 1.165) is 48.7 Å². The third kappa shape index (κ3) is 2.30. The molecule has 3 rings (SSSR count). The van der Waals surface area contributed by atoms with Gasteiger partial charge < -0.3 is 15.0 Å². The maximum Gasteiger partial charge on any atom is 0.177 e. The van der Waals surface area contributed by atoms with Gasteiger partial charge in [0.1, 0.15) is 5.82 Å². The van der Waals surface area contributed by atoms with Crippen LogP contribution in [0.1, 0.15) is 11.4 Å². The van der Waals surface area contributed by atoms with Gasteiger partial charge in [-0.15, -0.1) is 0 Å². The molecule has 1 unspecified atom stereocenters. The van der Waals surface area contributed by atoms with Crippen molar-refractivity contribution >= 4 is 11.2 Å². The molecular weight excluding hydrogens is 216 g/mol. The first kappa shape index (κ1) is 10.7. The number of nitrogens with one attached hydrogen (secondary N) is 2. The van der Waals surface area contributed by atoms with Crippen molar-refractivity contribution in [3.05, 3.63) is 23.7 Å². The minimum atomic E-state index is 0.213. The van der Waals surface area contributed by atoms with Gasteiger partial charge in [0.05, 0.1) is 18.2 Å². The monoisotopic (exact) mass is 232 g/mol. The molecule has 0 bridgehead atoms. The quantitative estimate of drug-likeness (QED) is 0.804. The summed E-state index contributed by atoms with van der Waals surface area (Å²) in [6, 6.07) is 2.07. The number of H-pyrrole nitrogens is 1. The Balaban J connectivity index is 1.80. The van der Waals surface area contributed by atoms with Gasteiger partial charge in [0.15, 0.2) is 5.65 Å². The first-order valence-electron chi connectivity index (χ1n) is 5.95. The van der Waals surface area contributed by atoms with Crippen molar-refractivity contribution in [3.63, 3.8) is 0 Å². The molecule has 0 amide bonds. The van der Waals surface area contributed by atoms with Crippen LogP contribution in [0.4, 0.5) is 0 Å². The Morgan fingerprint density at radius 1 is 1.53 bits per heavy atom. The Morgan fingerprint density at radius 2 is 2.47 bits per heavy atom. The van der Waals surface area contributed by atoms with Crippen LogP contribution >= 0.6 is 0 Å². The molecule has 17 heavy (non-hydrogen) atoms. The largest absolute Gasteiger partial charge is 0.375 e. The van der Waals surface area contributed by atoms with Gasteiger partial charge in [-0.25, -0.2) is 9.97 Å². The van der Waals surface area contributed by atoms with Crippen LogP contribution in [0.25, 0.3) is 11.2 Å². The van der Waals surface area contributed by atoms with Crippen molar-refractivity contribution in [1.29, 1.82) is 0 Å². The van der Waals surface area contributed by atoms with Crippen molar-refractivity contribution < 1.29 is 4.74 Å². The van der Waals surface area contributed by atoms with E-state index in [2.05, 4.69) is 26.3 Å². The average molecular weight is 232 g/mol. The van der Waals surface area contributed by atoms with Crippen molar-refractivity contribution in [1.82, 2.24) is 20.3 Å². The molecule has 5 nitrogen and oxygen atoms in total. The van der Waals surface area contributed by atoms with Gasteiger partial charge in [-0.2, -0.15) is 0 Å². The van der Waals surface area contributed by atoms with Crippen LogP contribution in [-0.4, -0.2) is 40.8 Å². The maximum atomic E-state index is 5.66. The molecule has 5 heteroatoms. The SMILES string of the molecule is Cc1cnc2nc(CC3CNCCO3)[nH]c2c1. The molecule has 90 valence electrons. The molecule has 1 aliphatic rings. The summed E-state index contributed by atoms with van der Waals surface area (Å²) in [5.41, 5.74) is 2.93. The second-order valence-corrected chi connectivity index (χ2v) is 4.47. The molecule has 2 N–H and O–H groups in total. The predicted octanol–water partition coefficient (Wildman–Crippen LogP) is 0.797. The second kappa shape index (κ2) is 4.43. The summed E-state index contributed by atoms with van der Waals surface area (Å²) < 4.78 is 5.66. The van der Waals surface area contributed by atoms with E-state index in [4.69, 9.17) is 4.74 Å². The molecule has 0 saturated carbocycles. The fourth-order valence-electron chi connectivity index (χ4n) is 2.12. The van der Waals surface area contributed by atoms with Crippen LogP contribution in [0.2, 0.25) is 0 Å². The highest BCUT2D eigenvalue weighted by molar-refractivity contribution is 5.70. The number of aromatic nitrogens is 3. The molecular formula is C12H16N4O. The van der Waals surface area contributed by atoms with Gasteiger partial charge in [-0.05, 0) is 18.6 Å². The van der Waals surface area contributed by atoms with Gasteiger partial charge in [-0.1, -0.05) is 0 Å². The number of hydrogen-bond acceptors (Lipinski definition) is 4. The van der Waals surface area contributed by atoms with Crippen molar-refractivity contribution in [2.75, 3.05) is 19.7 Å². The third-order valence-corrected chi connectivity index (χ3v) is 2.95. The van der Waals surface area contributed by atoms with Crippen LogP contribution in [0.3, 0.4) is 0 Å². The summed E-state index contributed by atoms with van der Waals surface area (Å²) in [6.07, 6.45) is 2.86. The van der Waals surface area contributed by atoms with Crippen LogP contribution in [-0.2, 0) is 11.2 Å². The smallest absolute Gasteiger partial charge is 0.177 e. The Bertz CT molecular complexity index is 516. The molecule has 1 aliphatic heterocycles. The van der Waals surface area contributed by atoms with Crippen molar-refractivity contribution in [3.8, 4) is 0 Å². The summed E-state index contributed by atoms with van der Waals surface area (Å²) >= 11 is 0.